The van der Waals surface area contributed by atoms with Gasteiger partial charge in [0, 0.05) is 12.8 Å². The number of piperidine rings is 1. The van der Waals surface area contributed by atoms with E-state index in [-0.39, 0.29) is 31.6 Å². The molecular formula is C31H44F2N4O6. The van der Waals surface area contributed by atoms with Gasteiger partial charge in [0.05, 0.1) is 32.8 Å². The van der Waals surface area contributed by atoms with E-state index in [1.165, 1.54) is 11.8 Å². The number of alkyl halides is 2. The molecule has 0 spiro atoms. The first-order chi connectivity index (χ1) is 20.4. The lowest BCUT2D eigenvalue weighted by atomic mass is 9.90. The van der Waals surface area contributed by atoms with Crippen LogP contribution in [0.4, 0.5) is 8.78 Å². The number of nitrogens with zero attached hydrogens (tertiary/aromatic N) is 1. The molecule has 2 heterocycles. The zero-order valence-electron chi connectivity index (χ0n) is 25.3. The highest BCUT2D eigenvalue weighted by atomic mass is 19.3. The van der Waals surface area contributed by atoms with Gasteiger partial charge in [-0.05, 0) is 56.8 Å². The molecule has 1 aliphatic carbocycles. The molecule has 3 fully saturated rings. The van der Waals surface area contributed by atoms with Gasteiger partial charge in [0.2, 0.25) is 17.7 Å². The Morgan fingerprint density at radius 1 is 1.02 bits per heavy atom. The van der Waals surface area contributed by atoms with Crippen LogP contribution in [0.25, 0.3) is 0 Å². The van der Waals surface area contributed by atoms with Crippen molar-refractivity contribution in [3.05, 3.63) is 29.8 Å². The molecule has 1 aromatic carbocycles. The lowest BCUT2D eigenvalue weighted by molar-refractivity contribution is -0.134. The Balaban J connectivity index is 1.43. The number of amides is 3. The third-order valence-corrected chi connectivity index (χ3v) is 8.62. The Hall–Kier alpha value is -3.12. The summed E-state index contributed by atoms with van der Waals surface area (Å²) in [7, 11) is 1.55. The van der Waals surface area contributed by atoms with E-state index in [4.69, 9.17) is 9.47 Å². The van der Waals surface area contributed by atoms with Crippen LogP contribution in [0, 0.1) is 5.92 Å². The highest BCUT2D eigenvalue weighted by Crippen LogP contribution is 2.33. The average Bonchev–Trinajstić information content (AvgIpc) is 3.49. The first-order valence-electron chi connectivity index (χ1n) is 15.2. The van der Waals surface area contributed by atoms with Crippen molar-refractivity contribution in [1.29, 1.82) is 0 Å². The van der Waals surface area contributed by atoms with Crippen LogP contribution >= 0.6 is 0 Å². The van der Waals surface area contributed by atoms with Gasteiger partial charge in [0.25, 0.3) is 5.92 Å². The van der Waals surface area contributed by atoms with E-state index in [0.717, 1.165) is 31.2 Å². The molecule has 12 heteroatoms. The van der Waals surface area contributed by atoms with Crippen molar-refractivity contribution in [2.75, 3.05) is 33.4 Å². The number of hydrogen-bond donors (Lipinski definition) is 3. The second-order valence-corrected chi connectivity index (χ2v) is 12.4. The van der Waals surface area contributed by atoms with Crippen LogP contribution in [0.2, 0.25) is 0 Å². The lowest BCUT2D eigenvalue weighted by Crippen LogP contribution is -2.57. The van der Waals surface area contributed by atoms with E-state index in [1.807, 2.05) is 0 Å². The number of likely N-dealkylation sites (tertiary alicyclic amines) is 1. The van der Waals surface area contributed by atoms with E-state index in [2.05, 4.69) is 16.0 Å². The average molecular weight is 607 g/mol. The third kappa shape index (κ3) is 9.43. The van der Waals surface area contributed by atoms with Gasteiger partial charge >= 0.3 is 0 Å². The van der Waals surface area contributed by atoms with Gasteiger partial charge in [-0.1, -0.05) is 37.8 Å². The summed E-state index contributed by atoms with van der Waals surface area (Å²) in [6.07, 6.45) is 4.89. The molecular weight excluding hydrogens is 562 g/mol. The predicted octanol–water partition coefficient (Wildman–Crippen LogP) is 2.38. The van der Waals surface area contributed by atoms with Crippen LogP contribution in [0.15, 0.2) is 24.3 Å². The number of methoxy groups -OCH3 is 1. The van der Waals surface area contributed by atoms with Crippen molar-refractivity contribution in [3.63, 3.8) is 0 Å². The van der Waals surface area contributed by atoms with Crippen molar-refractivity contribution < 1.29 is 37.4 Å². The number of carbonyl (C=O) groups excluding carboxylic acids is 4. The summed E-state index contributed by atoms with van der Waals surface area (Å²) in [6, 6.07) is 4.23. The molecule has 0 aromatic heterocycles. The number of carbonyl (C=O) groups is 4. The number of hydrogen-bond acceptors (Lipinski definition) is 7. The number of epoxide rings is 1. The zero-order chi connectivity index (χ0) is 31.2. The quantitative estimate of drug-likeness (QED) is 0.278. The zero-order valence-corrected chi connectivity index (χ0v) is 25.3. The number of rotatable bonds is 14. The summed E-state index contributed by atoms with van der Waals surface area (Å²) < 4.78 is 38.1. The Labute approximate surface area is 251 Å². The number of nitrogens with one attached hydrogen (secondary N) is 3. The van der Waals surface area contributed by atoms with Gasteiger partial charge < -0.3 is 25.4 Å². The van der Waals surface area contributed by atoms with Crippen LogP contribution in [-0.2, 0) is 30.3 Å². The molecule has 1 saturated carbocycles. The fraction of sp³-hybridized carbons (Fsp3) is 0.677. The summed E-state index contributed by atoms with van der Waals surface area (Å²) >= 11 is 0. The second-order valence-electron chi connectivity index (χ2n) is 12.4. The summed E-state index contributed by atoms with van der Waals surface area (Å²) in [5.74, 6) is -3.75. The molecule has 3 amide bonds. The molecule has 43 heavy (non-hydrogen) atoms. The van der Waals surface area contributed by atoms with E-state index in [0.29, 0.717) is 31.2 Å². The highest BCUT2D eigenvalue weighted by molar-refractivity contribution is 5.98. The monoisotopic (exact) mass is 606 g/mol. The first kappa shape index (κ1) is 32.8. The van der Waals surface area contributed by atoms with Gasteiger partial charge in [-0.15, -0.1) is 0 Å². The Kier molecular flexibility index (Phi) is 10.8. The van der Waals surface area contributed by atoms with Crippen LogP contribution in [-0.4, -0.2) is 91.4 Å². The maximum atomic E-state index is 13.7. The predicted molar refractivity (Wildman–Crippen MR) is 155 cm³/mol. The van der Waals surface area contributed by atoms with Gasteiger partial charge in [-0.25, -0.2) is 8.78 Å². The number of Topliss-reactive ketones (excluding diaryl/α,β-unsaturated/α-hetero) is 1. The molecule has 1 aromatic rings. The number of ether oxygens (including phenoxy) is 2. The fourth-order valence-electron chi connectivity index (χ4n) is 5.94. The van der Waals surface area contributed by atoms with E-state index in [9.17, 15) is 28.0 Å². The van der Waals surface area contributed by atoms with Crippen molar-refractivity contribution in [2.24, 2.45) is 5.92 Å². The van der Waals surface area contributed by atoms with Gasteiger partial charge in [0.15, 0.2) is 5.78 Å². The topological polar surface area (TPSA) is 129 Å². The van der Waals surface area contributed by atoms with Gasteiger partial charge in [-0.3, -0.25) is 24.1 Å². The molecule has 4 rings (SSSR count). The first-order valence-corrected chi connectivity index (χ1v) is 15.2. The van der Waals surface area contributed by atoms with E-state index < -0.39 is 53.9 Å². The fourth-order valence-corrected chi connectivity index (χ4v) is 5.94. The third-order valence-electron chi connectivity index (χ3n) is 8.62. The molecule has 238 valence electrons. The SMILES string of the molecule is COc1ccc(CC(NC(=O)C(C)NC(=O)CN2CCCC(F)(F)C2)C(=O)NC(CC2CCCC2)C(=O)C2(C)CO2)cc1. The van der Waals surface area contributed by atoms with Gasteiger partial charge in [-0.2, -0.15) is 0 Å². The molecule has 4 atom stereocenters. The van der Waals surface area contributed by atoms with Crippen LogP contribution in [0.1, 0.15) is 64.4 Å². The van der Waals surface area contributed by atoms with Crippen molar-refractivity contribution >= 4 is 23.5 Å². The molecule has 3 aliphatic rings. The van der Waals surface area contributed by atoms with Crippen LogP contribution in [0.5, 0.6) is 5.75 Å². The number of ketones is 1. The smallest absolute Gasteiger partial charge is 0.260 e. The Morgan fingerprint density at radius 3 is 2.28 bits per heavy atom. The largest absolute Gasteiger partial charge is 0.497 e. The van der Waals surface area contributed by atoms with Gasteiger partial charge in [0.1, 0.15) is 23.4 Å². The standard InChI is InChI=1S/C31H44F2N4O6/c1-20(34-26(38)17-37-14-6-13-31(32,33)18-37)28(40)36-25(16-22-9-11-23(42-3)12-10-22)29(41)35-24(15-21-7-4-5-8-21)27(39)30(2)19-43-30/h9-12,20-21,24-25H,4-8,13-19H2,1-3H3,(H,34,38)(H,35,41)(H,36,40). The second kappa shape index (κ2) is 14.1. The van der Waals surface area contributed by atoms with Crippen LogP contribution in [0.3, 0.4) is 0 Å². The van der Waals surface area contributed by atoms with E-state index in [1.54, 1.807) is 38.3 Å². The summed E-state index contributed by atoms with van der Waals surface area (Å²) in [4.78, 5) is 54.2. The molecule has 4 unspecified atom stereocenters. The molecule has 3 N–H and O–H groups in total. The van der Waals surface area contributed by atoms with Crippen molar-refractivity contribution in [2.45, 2.75) is 94.9 Å². The van der Waals surface area contributed by atoms with Crippen molar-refractivity contribution in [1.82, 2.24) is 20.9 Å². The minimum absolute atomic E-state index is 0.128. The van der Waals surface area contributed by atoms with Crippen molar-refractivity contribution in [3.8, 4) is 5.75 Å². The molecule has 2 aliphatic heterocycles. The molecule has 10 nitrogen and oxygen atoms in total. The molecule has 0 bridgehead atoms. The molecule has 0 radical (unpaired) electrons. The Morgan fingerprint density at radius 2 is 1.67 bits per heavy atom. The molecule has 2 saturated heterocycles. The minimum Gasteiger partial charge on any atom is -0.497 e. The number of benzene rings is 1. The van der Waals surface area contributed by atoms with Crippen LogP contribution < -0.4 is 20.7 Å². The lowest BCUT2D eigenvalue weighted by Gasteiger charge is -2.32. The maximum absolute atomic E-state index is 13.7. The Bertz CT molecular complexity index is 1150. The maximum Gasteiger partial charge on any atom is 0.260 e. The number of halogens is 2. The highest BCUT2D eigenvalue weighted by Gasteiger charge is 2.50. The van der Waals surface area contributed by atoms with E-state index >= 15 is 0 Å². The summed E-state index contributed by atoms with van der Waals surface area (Å²) in [5.41, 5.74) is -0.164. The normalized spacial score (nSPS) is 23.9. The summed E-state index contributed by atoms with van der Waals surface area (Å²) in [6.45, 7) is 3.11. The summed E-state index contributed by atoms with van der Waals surface area (Å²) in [5, 5.41) is 8.20. The minimum atomic E-state index is -2.84.